The van der Waals surface area contributed by atoms with Crippen LogP contribution in [-0.2, 0) is 21.4 Å². The standard InChI is InChI=1S/C13H18ClN3O4S/c1-9-4-10(7-15-12(18)6-14)13(19)11(5-9)22(20,21)16-8-17(2)3/h4-5,8,19H,6-7H2,1-3H3,(H,15,18)/b16-8+. The Morgan fingerprint density at radius 2 is 2.09 bits per heavy atom. The van der Waals surface area contributed by atoms with Crippen LogP contribution in [-0.4, -0.2) is 50.6 Å². The monoisotopic (exact) mass is 347 g/mol. The maximum Gasteiger partial charge on any atom is 0.287 e. The topological polar surface area (TPSA) is 99.1 Å². The highest BCUT2D eigenvalue weighted by atomic mass is 35.5. The van der Waals surface area contributed by atoms with E-state index in [0.29, 0.717) is 5.56 Å². The van der Waals surface area contributed by atoms with Crippen molar-refractivity contribution in [3.8, 4) is 5.75 Å². The summed E-state index contributed by atoms with van der Waals surface area (Å²) in [5.41, 5.74) is 0.892. The highest BCUT2D eigenvalue weighted by Gasteiger charge is 2.21. The van der Waals surface area contributed by atoms with Gasteiger partial charge in [0.2, 0.25) is 5.91 Å². The molecular formula is C13H18ClN3O4S. The fraction of sp³-hybridized carbons (Fsp3) is 0.385. The molecule has 0 saturated heterocycles. The molecule has 1 amide bonds. The second-order valence-electron chi connectivity index (χ2n) is 4.84. The minimum atomic E-state index is -4.04. The number of halogens is 1. The molecule has 0 radical (unpaired) electrons. The van der Waals surface area contributed by atoms with Crippen LogP contribution in [0.4, 0.5) is 0 Å². The van der Waals surface area contributed by atoms with Gasteiger partial charge in [-0.2, -0.15) is 8.42 Å². The van der Waals surface area contributed by atoms with Crippen LogP contribution >= 0.6 is 11.6 Å². The summed E-state index contributed by atoms with van der Waals surface area (Å²) in [7, 11) is -0.782. The average Bonchev–Trinajstić information content (AvgIpc) is 2.45. The van der Waals surface area contributed by atoms with Crippen LogP contribution in [0.1, 0.15) is 11.1 Å². The summed E-state index contributed by atoms with van der Waals surface area (Å²) in [6, 6.07) is 2.91. The molecule has 0 aliphatic carbocycles. The van der Waals surface area contributed by atoms with Gasteiger partial charge < -0.3 is 15.3 Å². The summed E-state index contributed by atoms with van der Waals surface area (Å²) >= 11 is 5.37. The van der Waals surface area contributed by atoms with E-state index in [4.69, 9.17) is 11.6 Å². The van der Waals surface area contributed by atoms with Crippen LogP contribution in [0, 0.1) is 6.92 Å². The van der Waals surface area contributed by atoms with E-state index in [1.165, 1.54) is 11.0 Å². The Morgan fingerprint density at radius 1 is 1.45 bits per heavy atom. The SMILES string of the molecule is Cc1cc(CNC(=O)CCl)c(O)c(S(=O)(=O)/N=C/N(C)C)c1. The van der Waals surface area contributed by atoms with Crippen molar-refractivity contribution in [3.05, 3.63) is 23.3 Å². The lowest BCUT2D eigenvalue weighted by atomic mass is 10.1. The number of phenols is 1. The van der Waals surface area contributed by atoms with Crippen LogP contribution in [0.3, 0.4) is 0 Å². The van der Waals surface area contributed by atoms with Crippen molar-refractivity contribution in [2.45, 2.75) is 18.4 Å². The molecule has 122 valence electrons. The zero-order chi connectivity index (χ0) is 16.9. The number of benzene rings is 1. The van der Waals surface area contributed by atoms with E-state index in [1.807, 2.05) is 0 Å². The summed E-state index contributed by atoms with van der Waals surface area (Å²) < 4.78 is 27.8. The van der Waals surface area contributed by atoms with Crippen molar-refractivity contribution in [1.82, 2.24) is 10.2 Å². The van der Waals surface area contributed by atoms with E-state index in [2.05, 4.69) is 9.71 Å². The van der Waals surface area contributed by atoms with Gasteiger partial charge >= 0.3 is 0 Å². The highest BCUT2D eigenvalue weighted by Crippen LogP contribution is 2.29. The molecule has 0 unspecified atom stereocenters. The van der Waals surface area contributed by atoms with E-state index < -0.39 is 21.7 Å². The molecule has 1 aromatic rings. The van der Waals surface area contributed by atoms with Crippen molar-refractivity contribution < 1.29 is 18.3 Å². The molecule has 0 atom stereocenters. The molecule has 0 aliphatic rings. The van der Waals surface area contributed by atoms with Crippen LogP contribution in [0.5, 0.6) is 5.75 Å². The summed E-state index contributed by atoms with van der Waals surface area (Å²) in [5, 5.41) is 12.6. The van der Waals surface area contributed by atoms with Crippen molar-refractivity contribution in [3.63, 3.8) is 0 Å². The maximum absolute atomic E-state index is 12.2. The summed E-state index contributed by atoms with van der Waals surface area (Å²) in [6.07, 6.45) is 1.13. The molecule has 2 N–H and O–H groups in total. The molecular weight excluding hydrogens is 330 g/mol. The van der Waals surface area contributed by atoms with E-state index in [1.54, 1.807) is 27.1 Å². The third-order valence-electron chi connectivity index (χ3n) is 2.59. The number of phenolic OH excluding ortho intramolecular Hbond substituents is 1. The first-order valence-corrected chi connectivity index (χ1v) is 8.27. The van der Waals surface area contributed by atoms with Crippen LogP contribution in [0.25, 0.3) is 0 Å². The molecule has 0 saturated carbocycles. The van der Waals surface area contributed by atoms with Crippen molar-refractivity contribution in [1.29, 1.82) is 0 Å². The molecule has 0 aliphatic heterocycles. The van der Waals surface area contributed by atoms with Gasteiger partial charge in [-0.1, -0.05) is 6.07 Å². The Kier molecular flexibility index (Phi) is 6.19. The first-order chi connectivity index (χ1) is 10.2. The Balaban J connectivity index is 3.22. The molecule has 1 aromatic carbocycles. The smallest absolute Gasteiger partial charge is 0.287 e. The Morgan fingerprint density at radius 3 is 2.64 bits per heavy atom. The van der Waals surface area contributed by atoms with Crippen molar-refractivity contribution >= 4 is 33.9 Å². The van der Waals surface area contributed by atoms with E-state index in [9.17, 15) is 18.3 Å². The zero-order valence-electron chi connectivity index (χ0n) is 12.5. The van der Waals surface area contributed by atoms with Gasteiger partial charge in [-0.15, -0.1) is 16.0 Å². The number of carbonyl (C=O) groups is 1. The predicted molar refractivity (Wildman–Crippen MR) is 84.8 cm³/mol. The number of rotatable bonds is 6. The molecule has 9 heteroatoms. The Hall–Kier alpha value is -1.80. The summed E-state index contributed by atoms with van der Waals surface area (Å²) in [6.45, 7) is 1.65. The van der Waals surface area contributed by atoms with Crippen molar-refractivity contribution in [2.75, 3.05) is 20.0 Å². The van der Waals surface area contributed by atoms with Crippen LogP contribution < -0.4 is 5.32 Å². The molecule has 0 spiro atoms. The lowest BCUT2D eigenvalue weighted by molar-refractivity contribution is -0.118. The number of aryl methyl sites for hydroxylation is 1. The van der Waals surface area contributed by atoms with Gasteiger partial charge in [0.15, 0.2) is 0 Å². The third-order valence-corrected chi connectivity index (χ3v) is 4.07. The average molecular weight is 348 g/mol. The number of hydrogen-bond donors (Lipinski definition) is 2. The number of hydrogen-bond acceptors (Lipinski definition) is 4. The first-order valence-electron chi connectivity index (χ1n) is 6.29. The fourth-order valence-electron chi connectivity index (χ4n) is 1.60. The molecule has 0 bridgehead atoms. The van der Waals surface area contributed by atoms with Gasteiger partial charge in [-0.25, -0.2) is 0 Å². The number of carbonyl (C=O) groups excluding carboxylic acids is 1. The largest absolute Gasteiger partial charge is 0.506 e. The van der Waals surface area contributed by atoms with Crippen LogP contribution in [0.15, 0.2) is 21.4 Å². The van der Waals surface area contributed by atoms with Gasteiger partial charge in [-0.3, -0.25) is 4.79 Å². The lowest BCUT2D eigenvalue weighted by Gasteiger charge is -2.11. The second-order valence-corrected chi connectivity index (χ2v) is 6.71. The third kappa shape index (κ3) is 4.88. The lowest BCUT2D eigenvalue weighted by Crippen LogP contribution is -2.24. The summed E-state index contributed by atoms with van der Waals surface area (Å²) in [5.74, 6) is -1.07. The quantitative estimate of drug-likeness (QED) is 0.451. The Bertz CT molecular complexity index is 687. The fourth-order valence-corrected chi connectivity index (χ4v) is 2.83. The van der Waals surface area contributed by atoms with Gasteiger partial charge in [0.25, 0.3) is 10.0 Å². The minimum absolute atomic E-state index is 0.0288. The maximum atomic E-state index is 12.2. The van der Waals surface area contributed by atoms with Gasteiger partial charge in [0, 0.05) is 26.2 Å². The molecule has 0 heterocycles. The second kappa shape index (κ2) is 7.46. The predicted octanol–water partition coefficient (Wildman–Crippen LogP) is 0.834. The highest BCUT2D eigenvalue weighted by molar-refractivity contribution is 7.90. The number of amides is 1. The Labute approximate surface area is 134 Å². The minimum Gasteiger partial charge on any atom is -0.506 e. The molecule has 22 heavy (non-hydrogen) atoms. The molecule has 1 rings (SSSR count). The number of aromatic hydroxyl groups is 1. The van der Waals surface area contributed by atoms with E-state index >= 15 is 0 Å². The number of alkyl halides is 1. The van der Waals surface area contributed by atoms with Crippen LogP contribution in [0.2, 0.25) is 0 Å². The number of nitrogens with zero attached hydrogens (tertiary/aromatic N) is 2. The van der Waals surface area contributed by atoms with E-state index in [-0.39, 0.29) is 22.9 Å². The molecule has 0 aromatic heterocycles. The zero-order valence-corrected chi connectivity index (χ0v) is 14.1. The number of nitrogens with one attached hydrogen (secondary N) is 1. The molecule has 7 nitrogen and oxygen atoms in total. The number of sulfonamides is 1. The molecule has 0 fully saturated rings. The summed E-state index contributed by atoms with van der Waals surface area (Å²) in [4.78, 5) is 12.3. The van der Waals surface area contributed by atoms with Gasteiger partial charge in [-0.05, 0) is 18.6 Å². The normalized spacial score (nSPS) is 11.6. The van der Waals surface area contributed by atoms with E-state index in [0.717, 1.165) is 6.34 Å². The van der Waals surface area contributed by atoms with Gasteiger partial charge in [0.05, 0.1) is 0 Å². The van der Waals surface area contributed by atoms with Gasteiger partial charge in [0.1, 0.15) is 22.9 Å². The van der Waals surface area contributed by atoms with Crippen molar-refractivity contribution in [2.24, 2.45) is 4.40 Å². The first kappa shape index (κ1) is 18.2.